The van der Waals surface area contributed by atoms with Crippen molar-refractivity contribution < 1.29 is 0 Å². The Hall–Kier alpha value is -9.64. The lowest BCUT2D eigenvalue weighted by Gasteiger charge is -2.29. The van der Waals surface area contributed by atoms with Crippen LogP contribution < -0.4 is 19.6 Å². The van der Waals surface area contributed by atoms with Crippen molar-refractivity contribution in [3.05, 3.63) is 302 Å². The van der Waals surface area contributed by atoms with Crippen molar-refractivity contribution >= 4 is 89.8 Å². The molecule has 0 aliphatic carbocycles. The van der Waals surface area contributed by atoms with E-state index in [1.54, 1.807) is 0 Å². The normalized spacial score (nSPS) is 11.1. The van der Waals surface area contributed by atoms with Crippen molar-refractivity contribution in [2.45, 2.75) is 13.8 Å². The lowest BCUT2D eigenvalue weighted by molar-refractivity contribution is 1.25. The van der Waals surface area contributed by atoms with E-state index in [-0.39, 0.29) is 0 Å². The van der Waals surface area contributed by atoms with E-state index < -0.39 is 0 Å². The molecule has 74 heavy (non-hydrogen) atoms. The predicted octanol–water partition coefficient (Wildman–Crippen LogP) is 20.2. The summed E-state index contributed by atoms with van der Waals surface area (Å²) in [4.78, 5) is 9.39. The highest BCUT2D eigenvalue weighted by atomic mass is 15.2. The summed E-state index contributed by atoms with van der Waals surface area (Å²) in [6.45, 7) is 4.27. The van der Waals surface area contributed by atoms with Crippen LogP contribution in [0.25, 0.3) is 32.7 Å². The molecule has 12 aromatic carbocycles. The molecule has 354 valence electrons. The molecule has 0 heterocycles. The van der Waals surface area contributed by atoms with Crippen molar-refractivity contribution in [1.82, 2.24) is 0 Å². The number of nitrogens with zero attached hydrogens (tertiary/aromatic N) is 4. The molecule has 0 fully saturated rings. The van der Waals surface area contributed by atoms with Crippen molar-refractivity contribution in [2.24, 2.45) is 0 Å². The fourth-order valence-electron chi connectivity index (χ4n) is 10.2. The lowest BCUT2D eigenvalue weighted by Crippen LogP contribution is -2.12. The van der Waals surface area contributed by atoms with Gasteiger partial charge in [-0.1, -0.05) is 169 Å². The Balaban J connectivity index is 0.853. The molecule has 0 aliphatic rings. The van der Waals surface area contributed by atoms with Crippen molar-refractivity contribution in [3.8, 4) is 11.1 Å². The third kappa shape index (κ3) is 9.13. The van der Waals surface area contributed by atoms with Crippen LogP contribution in [-0.2, 0) is 0 Å². The van der Waals surface area contributed by atoms with Crippen LogP contribution in [0.3, 0.4) is 0 Å². The summed E-state index contributed by atoms with van der Waals surface area (Å²) in [5, 5.41) is 4.83. The van der Waals surface area contributed by atoms with Gasteiger partial charge in [-0.25, -0.2) is 0 Å². The van der Waals surface area contributed by atoms with Gasteiger partial charge in [0.05, 0.1) is 11.4 Å². The molecule has 0 saturated heterocycles. The first-order valence-electron chi connectivity index (χ1n) is 25.3. The number of para-hydroxylation sites is 2. The highest BCUT2D eigenvalue weighted by Crippen LogP contribution is 2.44. The summed E-state index contributed by atoms with van der Waals surface area (Å²) < 4.78 is 0. The summed E-state index contributed by atoms with van der Waals surface area (Å²) in [6.07, 6.45) is 0. The van der Waals surface area contributed by atoms with Crippen LogP contribution in [0.2, 0.25) is 0 Å². The highest BCUT2D eigenvalue weighted by molar-refractivity contribution is 6.00. The molecule has 0 unspecified atom stereocenters. The van der Waals surface area contributed by atoms with Crippen LogP contribution in [0, 0.1) is 13.8 Å². The number of anilines is 12. The smallest absolute Gasteiger partial charge is 0.0540 e. The maximum Gasteiger partial charge on any atom is 0.0540 e. The molecule has 4 heteroatoms. The summed E-state index contributed by atoms with van der Waals surface area (Å²) in [7, 11) is 0. The van der Waals surface area contributed by atoms with Crippen LogP contribution in [0.4, 0.5) is 68.2 Å². The largest absolute Gasteiger partial charge is 0.311 e. The molecule has 0 atom stereocenters. The Morgan fingerprint density at radius 2 is 0.432 bits per heavy atom. The van der Waals surface area contributed by atoms with Crippen LogP contribution in [-0.4, -0.2) is 0 Å². The minimum Gasteiger partial charge on any atom is -0.311 e. The molecule has 4 nitrogen and oxygen atoms in total. The number of rotatable bonds is 13. The molecule has 12 aromatic rings. The molecule has 0 spiro atoms. The minimum absolute atomic E-state index is 1.08. The van der Waals surface area contributed by atoms with Crippen LogP contribution in [0.5, 0.6) is 0 Å². The molecule has 0 saturated carbocycles. The number of hydrogen-bond acceptors (Lipinski definition) is 4. The Morgan fingerprint density at radius 3 is 0.770 bits per heavy atom. The van der Waals surface area contributed by atoms with Gasteiger partial charge >= 0.3 is 0 Å². The van der Waals surface area contributed by atoms with Gasteiger partial charge < -0.3 is 19.6 Å². The molecule has 0 aromatic heterocycles. The van der Waals surface area contributed by atoms with Crippen LogP contribution in [0.15, 0.2) is 291 Å². The predicted molar refractivity (Wildman–Crippen MR) is 315 cm³/mol. The van der Waals surface area contributed by atoms with Gasteiger partial charge in [-0.05, 0) is 169 Å². The fraction of sp³-hybridized carbons (Fsp3) is 0.0286. The second-order valence-electron chi connectivity index (χ2n) is 18.8. The van der Waals surface area contributed by atoms with Gasteiger partial charge in [-0.3, -0.25) is 0 Å². The van der Waals surface area contributed by atoms with Gasteiger partial charge in [0.2, 0.25) is 0 Å². The summed E-state index contributed by atoms with van der Waals surface area (Å²) in [6, 6.07) is 105. The molecule has 0 radical (unpaired) electrons. The fourth-order valence-corrected chi connectivity index (χ4v) is 10.2. The van der Waals surface area contributed by atoms with E-state index in [2.05, 4.69) is 325 Å². The number of benzene rings is 12. The van der Waals surface area contributed by atoms with Crippen LogP contribution >= 0.6 is 0 Å². The van der Waals surface area contributed by atoms with E-state index in [1.165, 1.54) is 32.7 Å². The molecular formula is C70H54N4. The SMILES string of the molecule is Cc1ccc(N(c2ccc(-c3ccc(N(c4ccc(C)cc4)c4ccc(N(c5ccccc5)c5cccc6ccccc56)cc4)cc3)cc2)c2ccc(N(c3ccccc3)c3cccc4ccccc34)cc2)cc1. The second-order valence-corrected chi connectivity index (χ2v) is 18.8. The number of aryl methyl sites for hydroxylation is 2. The van der Waals surface area contributed by atoms with E-state index in [0.717, 1.165) is 79.4 Å². The molecular weight excluding hydrogens is 897 g/mol. The standard InChI is InChI=1S/C70H54N4/c1-51-27-35-59(36-28-51)71(63-43-47-65(48-44-63)73(57-19-5-3-6-20-57)69-25-13-17-55-15-9-11-23-67(55)69)61-39-31-53(32-40-61)54-33-41-62(42-34-54)72(60-37-29-52(2)30-38-60)64-45-49-66(50-46-64)74(58-21-7-4-8-22-58)70-26-14-18-56-16-10-12-24-68(56)70/h3-50H,1-2H3. The first kappa shape index (κ1) is 45.5. The summed E-state index contributed by atoms with van der Waals surface area (Å²) in [5.74, 6) is 0. The number of fused-ring (bicyclic) bond motifs is 2. The summed E-state index contributed by atoms with van der Waals surface area (Å²) >= 11 is 0. The van der Waals surface area contributed by atoms with E-state index in [1.807, 2.05) is 0 Å². The monoisotopic (exact) mass is 950 g/mol. The Bertz CT molecular complexity index is 3550. The zero-order chi connectivity index (χ0) is 49.8. The quantitative estimate of drug-likeness (QED) is 0.114. The van der Waals surface area contributed by atoms with Gasteiger partial charge in [0.1, 0.15) is 0 Å². The van der Waals surface area contributed by atoms with E-state index in [4.69, 9.17) is 0 Å². The average molecular weight is 951 g/mol. The Labute approximate surface area is 434 Å². The molecule has 0 amide bonds. The topological polar surface area (TPSA) is 13.0 Å². The van der Waals surface area contributed by atoms with Gasteiger partial charge in [0.15, 0.2) is 0 Å². The average Bonchev–Trinajstić information content (AvgIpc) is 3.46. The second kappa shape index (κ2) is 20.2. The Morgan fingerprint density at radius 1 is 0.189 bits per heavy atom. The van der Waals surface area contributed by atoms with Crippen molar-refractivity contribution in [1.29, 1.82) is 0 Å². The molecule has 0 N–H and O–H groups in total. The van der Waals surface area contributed by atoms with Gasteiger partial charge in [0, 0.05) is 67.6 Å². The third-order valence-electron chi connectivity index (χ3n) is 13.9. The number of hydrogen-bond donors (Lipinski definition) is 0. The minimum atomic E-state index is 1.08. The molecule has 0 aliphatic heterocycles. The van der Waals surface area contributed by atoms with Gasteiger partial charge in [0.25, 0.3) is 0 Å². The maximum atomic E-state index is 2.35. The van der Waals surface area contributed by atoms with Gasteiger partial charge in [-0.15, -0.1) is 0 Å². The molecule has 12 rings (SSSR count). The maximum absolute atomic E-state index is 2.35. The van der Waals surface area contributed by atoms with Crippen molar-refractivity contribution in [3.63, 3.8) is 0 Å². The van der Waals surface area contributed by atoms with Crippen molar-refractivity contribution in [2.75, 3.05) is 19.6 Å². The van der Waals surface area contributed by atoms with Crippen LogP contribution in [0.1, 0.15) is 11.1 Å². The first-order valence-corrected chi connectivity index (χ1v) is 25.3. The first-order chi connectivity index (χ1) is 36.5. The Kier molecular flexibility index (Phi) is 12.4. The van der Waals surface area contributed by atoms with E-state index in [0.29, 0.717) is 0 Å². The zero-order valence-electron chi connectivity index (χ0n) is 41.5. The highest BCUT2D eigenvalue weighted by Gasteiger charge is 2.20. The summed E-state index contributed by atoms with van der Waals surface area (Å²) in [5.41, 5.74) is 17.9. The van der Waals surface area contributed by atoms with E-state index >= 15 is 0 Å². The lowest BCUT2D eigenvalue weighted by atomic mass is 10.0. The van der Waals surface area contributed by atoms with E-state index in [9.17, 15) is 0 Å². The molecule has 0 bridgehead atoms. The van der Waals surface area contributed by atoms with Gasteiger partial charge in [-0.2, -0.15) is 0 Å². The third-order valence-corrected chi connectivity index (χ3v) is 13.9. The zero-order valence-corrected chi connectivity index (χ0v) is 41.5.